The highest BCUT2D eigenvalue weighted by molar-refractivity contribution is 5.71. The van der Waals surface area contributed by atoms with Crippen LogP contribution < -0.4 is 17.2 Å². The normalized spacial score (nSPS) is 12.4. The predicted molar refractivity (Wildman–Crippen MR) is 54.4 cm³/mol. The van der Waals surface area contributed by atoms with Gasteiger partial charge >= 0.3 is 5.97 Å². The van der Waals surface area contributed by atoms with Crippen molar-refractivity contribution in [3.63, 3.8) is 0 Å². The molecule has 1 atom stereocenters. The van der Waals surface area contributed by atoms with Crippen molar-refractivity contribution in [3.8, 4) is 0 Å². The molecular weight excluding hydrogens is 182 g/mol. The van der Waals surface area contributed by atoms with Crippen LogP contribution in [0.5, 0.6) is 0 Å². The monoisotopic (exact) mass is 195 g/mol. The predicted octanol–water partition coefficient (Wildman–Crippen LogP) is 0.326. The van der Waals surface area contributed by atoms with Gasteiger partial charge in [0.15, 0.2) is 0 Å². The molecule has 1 unspecified atom stereocenters. The molecule has 1 rings (SSSR count). The quantitative estimate of drug-likeness (QED) is 0.518. The molecule has 0 aliphatic rings. The average Bonchev–Trinajstić information content (AvgIpc) is 2.08. The van der Waals surface area contributed by atoms with Crippen molar-refractivity contribution < 1.29 is 9.90 Å². The third kappa shape index (κ3) is 2.14. The summed E-state index contributed by atoms with van der Waals surface area (Å²) in [6.45, 7) is 0. The zero-order valence-corrected chi connectivity index (χ0v) is 7.60. The second-order valence-corrected chi connectivity index (χ2v) is 3.05. The number of hydrogen-bond donors (Lipinski definition) is 4. The topological polar surface area (TPSA) is 115 Å². The van der Waals surface area contributed by atoms with Gasteiger partial charge in [0.25, 0.3) is 0 Å². The Morgan fingerprint density at radius 1 is 1.43 bits per heavy atom. The summed E-state index contributed by atoms with van der Waals surface area (Å²) in [5.74, 6) is -0.959. The van der Waals surface area contributed by atoms with Crippen LogP contribution in [0.3, 0.4) is 0 Å². The van der Waals surface area contributed by atoms with Crippen molar-refractivity contribution in [3.05, 3.63) is 23.8 Å². The van der Waals surface area contributed by atoms with Crippen molar-refractivity contribution in [1.82, 2.24) is 0 Å². The SMILES string of the molecule is Nc1cccc(C(N)CC(=O)O)c1N. The van der Waals surface area contributed by atoms with Crippen LogP contribution in [-0.2, 0) is 4.79 Å². The molecule has 0 amide bonds. The molecule has 0 spiro atoms. The van der Waals surface area contributed by atoms with Gasteiger partial charge in [0, 0.05) is 6.04 Å². The van der Waals surface area contributed by atoms with Gasteiger partial charge in [-0.2, -0.15) is 0 Å². The summed E-state index contributed by atoms with van der Waals surface area (Å²) in [5.41, 5.74) is 18.2. The van der Waals surface area contributed by atoms with Crippen LogP contribution in [0, 0.1) is 0 Å². The van der Waals surface area contributed by atoms with E-state index in [4.69, 9.17) is 22.3 Å². The van der Waals surface area contributed by atoms with Crippen LogP contribution in [0.2, 0.25) is 0 Å². The third-order valence-corrected chi connectivity index (χ3v) is 1.97. The minimum absolute atomic E-state index is 0.159. The summed E-state index contributed by atoms with van der Waals surface area (Å²) in [7, 11) is 0. The molecule has 0 fully saturated rings. The minimum atomic E-state index is -0.959. The Hall–Kier alpha value is -1.75. The van der Waals surface area contributed by atoms with E-state index >= 15 is 0 Å². The first-order chi connectivity index (χ1) is 6.52. The molecule has 1 aromatic carbocycles. The number of carboxylic acid groups (broad SMARTS) is 1. The molecule has 14 heavy (non-hydrogen) atoms. The number of nitrogens with two attached hydrogens (primary N) is 3. The Bertz CT molecular complexity index is 352. The molecule has 0 aliphatic carbocycles. The Balaban J connectivity index is 2.95. The molecule has 0 radical (unpaired) electrons. The number of para-hydroxylation sites is 1. The van der Waals surface area contributed by atoms with Crippen LogP contribution in [0.1, 0.15) is 18.0 Å². The van der Waals surface area contributed by atoms with Crippen LogP contribution >= 0.6 is 0 Å². The van der Waals surface area contributed by atoms with Gasteiger partial charge < -0.3 is 22.3 Å². The number of aliphatic carboxylic acids is 1. The van der Waals surface area contributed by atoms with Crippen molar-refractivity contribution in [1.29, 1.82) is 0 Å². The summed E-state index contributed by atoms with van der Waals surface area (Å²) in [6, 6.07) is 4.41. The highest BCUT2D eigenvalue weighted by atomic mass is 16.4. The first-order valence-corrected chi connectivity index (χ1v) is 4.13. The second kappa shape index (κ2) is 3.97. The van der Waals surface area contributed by atoms with Gasteiger partial charge in [-0.3, -0.25) is 4.79 Å². The van der Waals surface area contributed by atoms with Crippen molar-refractivity contribution >= 4 is 17.3 Å². The molecule has 5 nitrogen and oxygen atoms in total. The molecular formula is C9H13N3O2. The molecule has 5 heteroatoms. The smallest absolute Gasteiger partial charge is 0.305 e. The zero-order chi connectivity index (χ0) is 10.7. The highest BCUT2D eigenvalue weighted by Crippen LogP contribution is 2.25. The summed E-state index contributed by atoms with van der Waals surface area (Å²) >= 11 is 0. The largest absolute Gasteiger partial charge is 0.481 e. The molecule has 0 aliphatic heterocycles. The maximum absolute atomic E-state index is 10.4. The molecule has 1 aromatic rings. The fourth-order valence-electron chi connectivity index (χ4n) is 1.22. The van der Waals surface area contributed by atoms with E-state index in [1.54, 1.807) is 18.2 Å². The van der Waals surface area contributed by atoms with Gasteiger partial charge in [-0.1, -0.05) is 12.1 Å². The van der Waals surface area contributed by atoms with Crippen LogP contribution in [-0.4, -0.2) is 11.1 Å². The van der Waals surface area contributed by atoms with E-state index in [-0.39, 0.29) is 6.42 Å². The lowest BCUT2D eigenvalue weighted by Gasteiger charge is -2.13. The number of anilines is 2. The van der Waals surface area contributed by atoms with E-state index in [2.05, 4.69) is 0 Å². The third-order valence-electron chi connectivity index (χ3n) is 1.97. The first kappa shape index (κ1) is 10.3. The van der Waals surface area contributed by atoms with Gasteiger partial charge in [0.05, 0.1) is 17.8 Å². The molecule has 76 valence electrons. The Morgan fingerprint density at radius 3 is 2.64 bits per heavy atom. The van der Waals surface area contributed by atoms with E-state index < -0.39 is 12.0 Å². The van der Waals surface area contributed by atoms with E-state index in [1.807, 2.05) is 0 Å². The summed E-state index contributed by atoms with van der Waals surface area (Å²) in [6.07, 6.45) is -0.159. The Labute approximate surface area is 81.5 Å². The summed E-state index contributed by atoms with van der Waals surface area (Å²) < 4.78 is 0. The number of rotatable bonds is 3. The van der Waals surface area contributed by atoms with Crippen molar-refractivity contribution in [2.24, 2.45) is 5.73 Å². The van der Waals surface area contributed by atoms with E-state index in [9.17, 15) is 4.79 Å². The minimum Gasteiger partial charge on any atom is -0.481 e. The fraction of sp³-hybridized carbons (Fsp3) is 0.222. The molecule has 0 saturated carbocycles. The molecule has 0 aromatic heterocycles. The number of carboxylic acids is 1. The van der Waals surface area contributed by atoms with Gasteiger partial charge in [-0.25, -0.2) is 0 Å². The second-order valence-electron chi connectivity index (χ2n) is 3.05. The number of nitrogen functional groups attached to an aromatic ring is 2. The first-order valence-electron chi connectivity index (χ1n) is 4.13. The summed E-state index contributed by atoms with van der Waals surface area (Å²) in [4.78, 5) is 10.4. The molecule has 7 N–H and O–H groups in total. The van der Waals surface area contributed by atoms with Crippen LogP contribution in [0.4, 0.5) is 11.4 Å². The average molecular weight is 195 g/mol. The standard InChI is InChI=1S/C9H13N3O2/c10-6-3-1-2-5(9(6)12)7(11)4-8(13)14/h1-3,7H,4,10-12H2,(H,13,14). The lowest BCUT2D eigenvalue weighted by Crippen LogP contribution is -2.17. The maximum atomic E-state index is 10.4. The number of benzene rings is 1. The fourth-order valence-corrected chi connectivity index (χ4v) is 1.22. The van der Waals surface area contributed by atoms with Gasteiger partial charge in [0.2, 0.25) is 0 Å². The van der Waals surface area contributed by atoms with Crippen molar-refractivity contribution in [2.75, 3.05) is 11.5 Å². The van der Waals surface area contributed by atoms with E-state index in [0.29, 0.717) is 16.9 Å². The zero-order valence-electron chi connectivity index (χ0n) is 7.60. The Morgan fingerprint density at radius 2 is 2.07 bits per heavy atom. The maximum Gasteiger partial charge on any atom is 0.305 e. The highest BCUT2D eigenvalue weighted by Gasteiger charge is 2.14. The number of hydrogen-bond acceptors (Lipinski definition) is 4. The van der Waals surface area contributed by atoms with E-state index in [1.165, 1.54) is 0 Å². The lowest BCUT2D eigenvalue weighted by atomic mass is 10.0. The van der Waals surface area contributed by atoms with Crippen molar-refractivity contribution in [2.45, 2.75) is 12.5 Å². The lowest BCUT2D eigenvalue weighted by molar-refractivity contribution is -0.137. The molecule has 0 saturated heterocycles. The van der Waals surface area contributed by atoms with Crippen LogP contribution in [0.15, 0.2) is 18.2 Å². The van der Waals surface area contributed by atoms with Gasteiger partial charge in [-0.15, -0.1) is 0 Å². The van der Waals surface area contributed by atoms with Gasteiger partial charge in [0.1, 0.15) is 0 Å². The van der Waals surface area contributed by atoms with E-state index in [0.717, 1.165) is 0 Å². The number of carbonyl (C=O) groups is 1. The molecule has 0 heterocycles. The Kier molecular flexibility index (Phi) is 2.93. The summed E-state index contributed by atoms with van der Waals surface area (Å²) in [5, 5.41) is 8.55. The van der Waals surface area contributed by atoms with Crippen LogP contribution in [0.25, 0.3) is 0 Å². The molecule has 0 bridgehead atoms. The van der Waals surface area contributed by atoms with Gasteiger partial charge in [-0.05, 0) is 11.6 Å².